The SMILES string of the molecule is CC(C)c1ccc(N2C[C@H](CS(C)(=O)=O)[C@H]2C)c2cnc(Nc3ccnc(-c4cn(CCO)nc4C(F)(F)F)n3)cc12. The number of nitrogens with one attached hydrogen (secondary N) is 1. The Morgan fingerprint density at radius 3 is 2.55 bits per heavy atom. The largest absolute Gasteiger partial charge is 0.435 e. The lowest BCUT2D eigenvalue weighted by Crippen LogP contribution is -2.57. The minimum atomic E-state index is -4.73. The van der Waals surface area contributed by atoms with Gasteiger partial charge in [0.05, 0.1) is 24.5 Å². The smallest absolute Gasteiger partial charge is 0.394 e. The third-order valence-electron chi connectivity index (χ3n) is 7.48. The van der Waals surface area contributed by atoms with Crippen molar-refractivity contribution in [3.63, 3.8) is 0 Å². The van der Waals surface area contributed by atoms with Crippen LogP contribution in [0.4, 0.5) is 30.5 Å². The Balaban J connectivity index is 1.47. The van der Waals surface area contributed by atoms with Crippen LogP contribution in [0.3, 0.4) is 0 Å². The highest BCUT2D eigenvalue weighted by atomic mass is 32.2. The number of hydrogen-bond donors (Lipinski definition) is 2. The lowest BCUT2D eigenvalue weighted by atomic mass is 9.88. The van der Waals surface area contributed by atoms with Gasteiger partial charge in [-0.25, -0.2) is 23.4 Å². The highest BCUT2D eigenvalue weighted by molar-refractivity contribution is 7.90. The molecule has 1 aliphatic heterocycles. The first-order chi connectivity index (χ1) is 19.7. The summed E-state index contributed by atoms with van der Waals surface area (Å²) < 4.78 is 65.7. The topological polar surface area (TPSA) is 126 Å². The molecule has 3 aromatic heterocycles. The number of anilines is 3. The summed E-state index contributed by atoms with van der Waals surface area (Å²) in [6, 6.07) is 7.58. The zero-order chi connectivity index (χ0) is 30.4. The number of benzene rings is 1. The molecule has 0 amide bonds. The maximum absolute atomic E-state index is 13.7. The second kappa shape index (κ2) is 11.1. The van der Waals surface area contributed by atoms with Gasteiger partial charge in [0, 0.05) is 54.4 Å². The van der Waals surface area contributed by atoms with E-state index in [9.17, 15) is 21.6 Å². The fourth-order valence-corrected chi connectivity index (χ4v) is 6.52. The number of sulfone groups is 1. The zero-order valence-corrected chi connectivity index (χ0v) is 24.4. The quantitative estimate of drug-likeness (QED) is 0.282. The summed E-state index contributed by atoms with van der Waals surface area (Å²) in [7, 11) is -3.08. The van der Waals surface area contributed by atoms with Crippen molar-refractivity contribution >= 4 is 37.9 Å². The van der Waals surface area contributed by atoms with E-state index in [4.69, 9.17) is 5.11 Å². The molecule has 0 spiro atoms. The molecule has 1 aliphatic rings. The average Bonchev–Trinajstić information content (AvgIpc) is 3.35. The maximum atomic E-state index is 13.7. The molecule has 14 heteroatoms. The van der Waals surface area contributed by atoms with Gasteiger partial charge in [0.2, 0.25) is 0 Å². The second-order valence-electron chi connectivity index (χ2n) is 11.0. The summed E-state index contributed by atoms with van der Waals surface area (Å²) in [4.78, 5) is 15.1. The normalized spacial score (nSPS) is 17.6. The number of halogens is 3. The van der Waals surface area contributed by atoms with E-state index in [-0.39, 0.29) is 54.0 Å². The lowest BCUT2D eigenvalue weighted by Gasteiger charge is -2.48. The minimum Gasteiger partial charge on any atom is -0.394 e. The monoisotopic (exact) mass is 603 g/mol. The summed E-state index contributed by atoms with van der Waals surface area (Å²) in [6.45, 7) is 6.35. The molecule has 224 valence electrons. The average molecular weight is 604 g/mol. The number of pyridine rings is 1. The van der Waals surface area contributed by atoms with E-state index < -0.39 is 21.7 Å². The molecule has 0 aliphatic carbocycles. The van der Waals surface area contributed by atoms with Crippen molar-refractivity contribution in [3.05, 3.63) is 54.1 Å². The molecule has 2 N–H and O–H groups in total. The summed E-state index contributed by atoms with van der Waals surface area (Å²) in [5.74, 6) is 0.923. The molecular formula is C28H32F3N7O3S. The molecule has 1 saturated heterocycles. The Labute approximate surface area is 241 Å². The molecule has 0 saturated carbocycles. The third-order valence-corrected chi connectivity index (χ3v) is 8.51. The van der Waals surface area contributed by atoms with E-state index in [0.29, 0.717) is 12.4 Å². The summed E-state index contributed by atoms with van der Waals surface area (Å²) in [6.07, 6.45) is 0.795. The van der Waals surface area contributed by atoms with Crippen LogP contribution in [-0.2, 0) is 22.6 Å². The van der Waals surface area contributed by atoms with Gasteiger partial charge in [0.15, 0.2) is 11.5 Å². The molecule has 0 unspecified atom stereocenters. The van der Waals surface area contributed by atoms with Crippen molar-refractivity contribution in [2.75, 3.05) is 35.4 Å². The Hall–Kier alpha value is -3.78. The van der Waals surface area contributed by atoms with Crippen molar-refractivity contribution < 1.29 is 26.7 Å². The third kappa shape index (κ3) is 6.04. The van der Waals surface area contributed by atoms with Crippen LogP contribution in [0.2, 0.25) is 0 Å². The van der Waals surface area contributed by atoms with Gasteiger partial charge in [-0.3, -0.25) is 4.68 Å². The van der Waals surface area contributed by atoms with Crippen molar-refractivity contribution in [1.82, 2.24) is 24.7 Å². The highest BCUT2D eigenvalue weighted by Gasteiger charge is 2.39. The maximum Gasteiger partial charge on any atom is 0.435 e. The molecule has 0 radical (unpaired) electrons. The van der Waals surface area contributed by atoms with Crippen LogP contribution >= 0.6 is 0 Å². The number of fused-ring (bicyclic) bond motifs is 1. The fourth-order valence-electron chi connectivity index (χ4n) is 5.36. The first-order valence-electron chi connectivity index (χ1n) is 13.5. The predicted molar refractivity (Wildman–Crippen MR) is 154 cm³/mol. The number of aromatic nitrogens is 5. The van der Waals surface area contributed by atoms with Gasteiger partial charge in [-0.2, -0.15) is 18.3 Å². The molecule has 5 rings (SSSR count). The molecule has 4 aromatic rings. The van der Waals surface area contributed by atoms with Crippen molar-refractivity contribution in [1.29, 1.82) is 0 Å². The second-order valence-corrected chi connectivity index (χ2v) is 13.1. The van der Waals surface area contributed by atoms with Crippen molar-refractivity contribution in [2.24, 2.45) is 5.92 Å². The molecule has 42 heavy (non-hydrogen) atoms. The lowest BCUT2D eigenvalue weighted by molar-refractivity contribution is -0.141. The fraction of sp³-hybridized carbons (Fsp3) is 0.429. The van der Waals surface area contributed by atoms with E-state index in [0.717, 1.165) is 26.7 Å². The van der Waals surface area contributed by atoms with E-state index in [1.165, 1.54) is 24.7 Å². The van der Waals surface area contributed by atoms with Crippen LogP contribution in [0.5, 0.6) is 0 Å². The van der Waals surface area contributed by atoms with Crippen LogP contribution in [-0.4, -0.2) is 69.5 Å². The Morgan fingerprint density at radius 1 is 1.14 bits per heavy atom. The highest BCUT2D eigenvalue weighted by Crippen LogP contribution is 2.40. The van der Waals surface area contributed by atoms with Gasteiger partial charge in [0.1, 0.15) is 21.5 Å². The van der Waals surface area contributed by atoms with Gasteiger partial charge in [-0.1, -0.05) is 19.9 Å². The van der Waals surface area contributed by atoms with Crippen LogP contribution in [0.15, 0.2) is 42.9 Å². The van der Waals surface area contributed by atoms with Crippen LogP contribution < -0.4 is 10.2 Å². The zero-order valence-electron chi connectivity index (χ0n) is 23.6. The molecule has 4 heterocycles. The van der Waals surface area contributed by atoms with Crippen molar-refractivity contribution in [3.8, 4) is 11.4 Å². The minimum absolute atomic E-state index is 0.0494. The number of hydrogen-bond acceptors (Lipinski definition) is 9. The number of rotatable bonds is 9. The van der Waals surface area contributed by atoms with Crippen molar-refractivity contribution in [2.45, 2.75) is 45.5 Å². The summed E-state index contributed by atoms with van der Waals surface area (Å²) >= 11 is 0. The number of aliphatic hydroxyl groups is 1. The predicted octanol–water partition coefficient (Wildman–Crippen LogP) is 4.64. The van der Waals surface area contributed by atoms with E-state index in [2.05, 4.69) is 50.2 Å². The van der Waals surface area contributed by atoms with Crippen LogP contribution in [0.25, 0.3) is 22.2 Å². The molecular weight excluding hydrogens is 571 g/mol. The summed E-state index contributed by atoms with van der Waals surface area (Å²) in [5, 5.41) is 17.7. The molecule has 1 fully saturated rings. The van der Waals surface area contributed by atoms with Gasteiger partial charge in [0.25, 0.3) is 0 Å². The van der Waals surface area contributed by atoms with Gasteiger partial charge in [-0.15, -0.1) is 0 Å². The molecule has 0 bridgehead atoms. The first kappa shape index (κ1) is 29.7. The van der Waals surface area contributed by atoms with E-state index >= 15 is 0 Å². The molecule has 1 aromatic carbocycles. The Morgan fingerprint density at radius 2 is 1.90 bits per heavy atom. The summed E-state index contributed by atoms with van der Waals surface area (Å²) in [5.41, 5.74) is 0.629. The standard InChI is InChI=1S/C28H32F3N7O3S/c1-16(2)19-5-6-23(38-13-18(17(38)3)15-42(4,40)41)21-12-33-25(11-20(19)21)34-24-7-8-32-27(35-24)22-14-37(9-10-39)36-26(22)28(29,30)31/h5-8,11-12,14,16-18,39H,9-10,13,15H2,1-4H3,(H,32,33,34,35)/t17-,18-/m1/s1. The van der Waals surface area contributed by atoms with Crippen LogP contribution in [0.1, 0.15) is 37.9 Å². The number of alkyl halides is 3. The van der Waals surface area contributed by atoms with E-state index in [1.807, 2.05) is 19.1 Å². The Bertz CT molecular complexity index is 1720. The van der Waals surface area contributed by atoms with E-state index in [1.54, 1.807) is 6.20 Å². The molecule has 10 nitrogen and oxygen atoms in total. The number of aliphatic hydroxyl groups excluding tert-OH is 1. The van der Waals surface area contributed by atoms with Gasteiger partial charge in [-0.05, 0) is 42.0 Å². The van der Waals surface area contributed by atoms with Crippen LogP contribution in [0, 0.1) is 5.92 Å². The Kier molecular flexibility index (Phi) is 7.88. The molecule has 2 atom stereocenters. The number of nitrogens with zero attached hydrogens (tertiary/aromatic N) is 6. The first-order valence-corrected chi connectivity index (χ1v) is 15.5. The van der Waals surface area contributed by atoms with Gasteiger partial charge < -0.3 is 15.3 Å². The van der Waals surface area contributed by atoms with Gasteiger partial charge >= 0.3 is 6.18 Å².